The van der Waals surface area contributed by atoms with Crippen LogP contribution < -0.4 is 4.74 Å². The van der Waals surface area contributed by atoms with Crippen LogP contribution in [0.1, 0.15) is 0 Å². The van der Waals surface area contributed by atoms with E-state index in [9.17, 15) is 4.79 Å². The molecule has 0 bridgehead atoms. The number of ether oxygens (including phenoxy) is 1. The molecule has 0 fully saturated rings. The Hall–Kier alpha value is -3.51. The van der Waals surface area contributed by atoms with Gasteiger partial charge in [0, 0.05) is 10.9 Å². The van der Waals surface area contributed by atoms with Gasteiger partial charge in [-0.25, -0.2) is 4.68 Å². The van der Waals surface area contributed by atoms with Gasteiger partial charge in [0.1, 0.15) is 5.69 Å². The van der Waals surface area contributed by atoms with Gasteiger partial charge < -0.3 is 4.74 Å². The highest BCUT2D eigenvalue weighted by atomic mass is 32.1. The number of thiazole rings is 1. The molecule has 2 aromatic heterocycles. The maximum absolute atomic E-state index is 10.5. The molecule has 3 aromatic carbocycles. The van der Waals surface area contributed by atoms with Crippen LogP contribution in [0.15, 0.2) is 72.1 Å². The van der Waals surface area contributed by atoms with Crippen molar-refractivity contribution >= 4 is 39.5 Å². The van der Waals surface area contributed by atoms with Crippen molar-refractivity contribution in [3.05, 3.63) is 72.1 Å². The average molecular weight is 371 g/mol. The van der Waals surface area contributed by atoms with Gasteiger partial charge in [0.15, 0.2) is 0 Å². The van der Waals surface area contributed by atoms with Crippen molar-refractivity contribution in [1.29, 1.82) is 0 Å². The van der Waals surface area contributed by atoms with E-state index in [1.165, 1.54) is 22.1 Å². The molecule has 0 aliphatic rings. The SMILES string of the molecule is O=COc1csc(-n2nc(-c3ccc4ccccc4c3)c3ccccc32)n1. The third kappa shape index (κ3) is 2.67. The largest absolute Gasteiger partial charge is 0.409 e. The fourth-order valence-electron chi connectivity index (χ4n) is 3.21. The van der Waals surface area contributed by atoms with E-state index < -0.39 is 0 Å². The van der Waals surface area contributed by atoms with Crippen molar-refractivity contribution in [2.24, 2.45) is 0 Å². The third-order valence-electron chi connectivity index (χ3n) is 4.43. The normalized spacial score (nSPS) is 11.1. The fraction of sp³-hybridized carbons (Fsp3) is 0. The molecule has 2 heterocycles. The number of rotatable bonds is 4. The summed E-state index contributed by atoms with van der Waals surface area (Å²) in [5, 5.41) is 10.6. The number of carbonyl (C=O) groups excluding carboxylic acids is 1. The molecule has 0 unspecified atom stereocenters. The van der Waals surface area contributed by atoms with E-state index in [1.807, 2.05) is 30.3 Å². The van der Waals surface area contributed by atoms with Gasteiger partial charge in [-0.05, 0) is 22.9 Å². The number of fused-ring (bicyclic) bond motifs is 2. The predicted molar refractivity (Wildman–Crippen MR) is 106 cm³/mol. The lowest BCUT2D eigenvalue weighted by Gasteiger charge is -2.01. The first-order chi connectivity index (χ1) is 13.3. The monoisotopic (exact) mass is 371 g/mol. The minimum absolute atomic E-state index is 0.275. The number of aromatic nitrogens is 3. The second-order valence-corrected chi connectivity index (χ2v) is 6.86. The Kier molecular flexibility index (Phi) is 3.69. The van der Waals surface area contributed by atoms with E-state index in [0.717, 1.165) is 22.2 Å². The van der Waals surface area contributed by atoms with Gasteiger partial charge in [-0.2, -0.15) is 10.1 Å². The van der Waals surface area contributed by atoms with Gasteiger partial charge in [-0.1, -0.05) is 65.9 Å². The molecule has 5 rings (SSSR count). The molecular formula is C21H13N3O2S. The van der Waals surface area contributed by atoms with E-state index in [1.54, 1.807) is 10.1 Å². The van der Waals surface area contributed by atoms with Crippen LogP contribution in [0.4, 0.5) is 0 Å². The number of hydrogen-bond donors (Lipinski definition) is 0. The summed E-state index contributed by atoms with van der Waals surface area (Å²) in [4.78, 5) is 14.9. The number of benzene rings is 3. The Morgan fingerprint density at radius 2 is 1.78 bits per heavy atom. The van der Waals surface area contributed by atoms with Gasteiger partial charge in [0.2, 0.25) is 11.0 Å². The molecule has 0 saturated heterocycles. The topological polar surface area (TPSA) is 57.0 Å². The van der Waals surface area contributed by atoms with Gasteiger partial charge in [-0.3, -0.25) is 4.79 Å². The van der Waals surface area contributed by atoms with Crippen LogP contribution in [0.5, 0.6) is 5.88 Å². The molecule has 130 valence electrons. The number of carbonyl (C=O) groups is 1. The smallest absolute Gasteiger partial charge is 0.299 e. The zero-order chi connectivity index (χ0) is 18.2. The van der Waals surface area contributed by atoms with Crippen LogP contribution in [0.2, 0.25) is 0 Å². The molecule has 0 saturated carbocycles. The quantitative estimate of drug-likeness (QED) is 0.424. The van der Waals surface area contributed by atoms with E-state index in [2.05, 4.69) is 41.4 Å². The molecule has 0 aliphatic heterocycles. The average Bonchev–Trinajstić information content (AvgIpc) is 3.32. The molecule has 6 heteroatoms. The van der Waals surface area contributed by atoms with E-state index >= 15 is 0 Å². The van der Waals surface area contributed by atoms with E-state index in [0.29, 0.717) is 11.6 Å². The molecule has 27 heavy (non-hydrogen) atoms. The minimum Gasteiger partial charge on any atom is -0.409 e. The Balaban J connectivity index is 1.71. The highest BCUT2D eigenvalue weighted by Crippen LogP contribution is 2.32. The maximum atomic E-state index is 10.5. The van der Waals surface area contributed by atoms with Crippen molar-refractivity contribution < 1.29 is 9.53 Å². The second kappa shape index (κ2) is 6.34. The molecular weight excluding hydrogens is 358 g/mol. The standard InChI is InChI=1S/C21H13N3O2S/c25-13-26-19-12-27-21(22-19)24-18-8-4-3-7-17(18)20(23-24)16-10-9-14-5-1-2-6-15(14)11-16/h1-13H. The molecule has 0 N–H and O–H groups in total. The Morgan fingerprint density at radius 1 is 0.963 bits per heavy atom. The Morgan fingerprint density at radius 3 is 2.67 bits per heavy atom. The van der Waals surface area contributed by atoms with Crippen LogP contribution in [-0.2, 0) is 4.79 Å². The summed E-state index contributed by atoms with van der Waals surface area (Å²) in [5.41, 5.74) is 2.89. The fourth-order valence-corrected chi connectivity index (χ4v) is 3.91. The lowest BCUT2D eigenvalue weighted by molar-refractivity contribution is -0.120. The summed E-state index contributed by atoms with van der Waals surface area (Å²) in [5.74, 6) is 0.275. The molecule has 0 atom stereocenters. The first-order valence-electron chi connectivity index (χ1n) is 8.36. The van der Waals surface area contributed by atoms with Crippen LogP contribution in [-0.4, -0.2) is 21.2 Å². The summed E-state index contributed by atoms with van der Waals surface area (Å²) in [6.07, 6.45) is 0. The third-order valence-corrected chi connectivity index (χ3v) is 5.23. The van der Waals surface area contributed by atoms with Crippen LogP contribution in [0.3, 0.4) is 0 Å². The van der Waals surface area contributed by atoms with E-state index in [-0.39, 0.29) is 5.88 Å². The summed E-state index contributed by atoms with van der Waals surface area (Å²) in [6, 6.07) is 22.7. The lowest BCUT2D eigenvalue weighted by atomic mass is 10.0. The molecule has 0 spiro atoms. The Bertz CT molecular complexity index is 1290. The van der Waals surface area contributed by atoms with Crippen molar-refractivity contribution in [1.82, 2.24) is 14.8 Å². The van der Waals surface area contributed by atoms with Crippen LogP contribution >= 0.6 is 11.3 Å². The molecule has 0 aliphatic carbocycles. The maximum Gasteiger partial charge on any atom is 0.299 e. The number of nitrogens with zero attached hydrogens (tertiary/aromatic N) is 3. The highest BCUT2D eigenvalue weighted by Gasteiger charge is 2.16. The van der Waals surface area contributed by atoms with Gasteiger partial charge in [-0.15, -0.1) is 0 Å². The molecule has 5 nitrogen and oxygen atoms in total. The van der Waals surface area contributed by atoms with Gasteiger partial charge in [0.05, 0.1) is 10.9 Å². The zero-order valence-corrected chi connectivity index (χ0v) is 14.9. The summed E-state index contributed by atoms with van der Waals surface area (Å²) >= 11 is 1.37. The van der Waals surface area contributed by atoms with Gasteiger partial charge >= 0.3 is 0 Å². The first kappa shape index (κ1) is 15.7. The predicted octanol–water partition coefficient (Wildman–Crippen LogP) is 4.84. The van der Waals surface area contributed by atoms with Crippen molar-refractivity contribution in [3.8, 4) is 22.3 Å². The van der Waals surface area contributed by atoms with Crippen molar-refractivity contribution in [2.45, 2.75) is 0 Å². The number of hydrogen-bond acceptors (Lipinski definition) is 5. The molecule has 0 radical (unpaired) electrons. The van der Waals surface area contributed by atoms with E-state index in [4.69, 9.17) is 9.84 Å². The summed E-state index contributed by atoms with van der Waals surface area (Å²) in [7, 11) is 0. The first-order valence-corrected chi connectivity index (χ1v) is 9.24. The van der Waals surface area contributed by atoms with Gasteiger partial charge in [0.25, 0.3) is 6.47 Å². The zero-order valence-electron chi connectivity index (χ0n) is 14.1. The highest BCUT2D eigenvalue weighted by molar-refractivity contribution is 7.12. The van der Waals surface area contributed by atoms with Crippen LogP contribution in [0, 0.1) is 0 Å². The number of para-hydroxylation sites is 1. The van der Waals surface area contributed by atoms with Crippen molar-refractivity contribution in [3.63, 3.8) is 0 Å². The molecule has 5 aromatic rings. The van der Waals surface area contributed by atoms with Crippen LogP contribution in [0.25, 0.3) is 38.1 Å². The minimum atomic E-state index is 0.275. The molecule has 0 amide bonds. The summed E-state index contributed by atoms with van der Waals surface area (Å²) in [6.45, 7) is 0.376. The van der Waals surface area contributed by atoms with Crippen molar-refractivity contribution in [2.75, 3.05) is 0 Å². The lowest BCUT2D eigenvalue weighted by Crippen LogP contribution is -1.96. The summed E-state index contributed by atoms with van der Waals surface area (Å²) < 4.78 is 6.63. The Labute approximate surface area is 158 Å². The second-order valence-electron chi connectivity index (χ2n) is 6.02.